The molecule has 0 radical (unpaired) electrons. The molecule has 196 valence electrons. The summed E-state index contributed by atoms with van der Waals surface area (Å²) in [5.41, 5.74) is 10.4. The van der Waals surface area contributed by atoms with Gasteiger partial charge in [0.15, 0.2) is 17.0 Å². The lowest BCUT2D eigenvalue weighted by Gasteiger charge is -2.10. The summed E-state index contributed by atoms with van der Waals surface area (Å²) in [6.07, 6.45) is 0. The molecule has 4 heterocycles. The average Bonchev–Trinajstić information content (AvgIpc) is 3.62. The summed E-state index contributed by atoms with van der Waals surface area (Å²) in [5.74, 6) is 0.704. The van der Waals surface area contributed by atoms with Gasteiger partial charge in [-0.1, -0.05) is 97.1 Å². The lowest BCUT2D eigenvalue weighted by atomic mass is 9.99. The summed E-state index contributed by atoms with van der Waals surface area (Å²) in [6, 6.07) is 42.8. The third-order valence-corrected chi connectivity index (χ3v) is 7.90. The van der Waals surface area contributed by atoms with Crippen LogP contribution in [-0.2, 0) is 0 Å². The molecule has 5 heteroatoms. The summed E-state index contributed by atoms with van der Waals surface area (Å²) in [5, 5.41) is 2.98. The number of nitrogens with zero attached hydrogens (tertiary/aromatic N) is 3. The van der Waals surface area contributed by atoms with E-state index in [0.29, 0.717) is 17.0 Å². The first-order valence-electron chi connectivity index (χ1n) is 13.9. The third-order valence-electron chi connectivity index (χ3n) is 7.90. The van der Waals surface area contributed by atoms with E-state index in [9.17, 15) is 0 Å². The zero-order valence-electron chi connectivity index (χ0n) is 22.3. The van der Waals surface area contributed by atoms with E-state index >= 15 is 0 Å². The van der Waals surface area contributed by atoms with Crippen molar-refractivity contribution in [3.05, 3.63) is 127 Å². The molecule has 0 aliphatic heterocycles. The normalized spacial score (nSPS) is 11.8. The first-order chi connectivity index (χ1) is 20.8. The third kappa shape index (κ3) is 3.40. The molecular formula is C37H21N3O2. The Balaban J connectivity index is 1.28. The lowest BCUT2D eigenvalue weighted by Crippen LogP contribution is -1.95. The molecule has 0 atom stereocenters. The number of hydrogen-bond donors (Lipinski definition) is 0. The number of benzene rings is 5. The van der Waals surface area contributed by atoms with Crippen molar-refractivity contribution in [3.63, 3.8) is 0 Å². The lowest BCUT2D eigenvalue weighted by molar-refractivity contribution is 0.657. The van der Waals surface area contributed by atoms with Gasteiger partial charge in [0.05, 0.1) is 16.8 Å². The fraction of sp³-hybridized carbons (Fsp3) is 0. The Kier molecular flexibility index (Phi) is 4.83. The van der Waals surface area contributed by atoms with E-state index in [1.807, 2.05) is 84.9 Å². The molecule has 0 saturated carbocycles. The molecule has 5 aromatic carbocycles. The Bertz CT molecular complexity index is 2370. The highest BCUT2D eigenvalue weighted by Gasteiger charge is 2.22. The van der Waals surface area contributed by atoms with Gasteiger partial charge in [-0.05, 0) is 35.9 Å². The van der Waals surface area contributed by atoms with Crippen molar-refractivity contribution < 1.29 is 8.83 Å². The van der Waals surface area contributed by atoms with Gasteiger partial charge in [0.2, 0.25) is 0 Å². The van der Waals surface area contributed by atoms with Crippen molar-refractivity contribution in [1.82, 2.24) is 15.0 Å². The van der Waals surface area contributed by atoms with Crippen LogP contribution in [0, 0.1) is 0 Å². The highest BCUT2D eigenvalue weighted by atomic mass is 16.3. The van der Waals surface area contributed by atoms with Crippen LogP contribution in [0.15, 0.2) is 136 Å². The number of pyridine rings is 1. The van der Waals surface area contributed by atoms with Crippen LogP contribution in [0.5, 0.6) is 0 Å². The number of rotatable bonds is 3. The maximum Gasteiger partial charge on any atom is 0.165 e. The van der Waals surface area contributed by atoms with Crippen LogP contribution in [0.25, 0.3) is 88.8 Å². The summed E-state index contributed by atoms with van der Waals surface area (Å²) in [6.45, 7) is 0. The van der Waals surface area contributed by atoms with Crippen molar-refractivity contribution in [1.29, 1.82) is 0 Å². The van der Waals surface area contributed by atoms with Gasteiger partial charge in [-0.25, -0.2) is 15.0 Å². The Morgan fingerprint density at radius 1 is 0.405 bits per heavy atom. The Labute approximate surface area is 239 Å². The van der Waals surface area contributed by atoms with Gasteiger partial charge < -0.3 is 8.83 Å². The van der Waals surface area contributed by atoms with Gasteiger partial charge in [-0.3, -0.25) is 0 Å². The molecule has 9 rings (SSSR count). The van der Waals surface area contributed by atoms with Crippen LogP contribution in [0.4, 0.5) is 0 Å². The maximum atomic E-state index is 6.44. The molecule has 5 nitrogen and oxygen atoms in total. The van der Waals surface area contributed by atoms with Gasteiger partial charge in [-0.15, -0.1) is 0 Å². The molecule has 0 aliphatic rings. The fourth-order valence-corrected chi connectivity index (χ4v) is 5.91. The minimum atomic E-state index is 0.704. The van der Waals surface area contributed by atoms with Gasteiger partial charge in [-0.2, -0.15) is 0 Å². The van der Waals surface area contributed by atoms with Crippen LogP contribution in [0.3, 0.4) is 0 Å². The van der Waals surface area contributed by atoms with E-state index in [1.54, 1.807) is 0 Å². The van der Waals surface area contributed by atoms with Crippen molar-refractivity contribution in [3.8, 4) is 33.8 Å². The zero-order chi connectivity index (χ0) is 27.6. The average molecular weight is 540 g/mol. The van der Waals surface area contributed by atoms with E-state index < -0.39 is 0 Å². The Morgan fingerprint density at radius 3 is 1.62 bits per heavy atom. The van der Waals surface area contributed by atoms with Gasteiger partial charge >= 0.3 is 0 Å². The first kappa shape index (κ1) is 22.9. The predicted molar refractivity (Wildman–Crippen MR) is 168 cm³/mol. The van der Waals surface area contributed by atoms with E-state index in [4.69, 9.17) is 23.8 Å². The molecule has 9 aromatic rings. The molecule has 0 aliphatic carbocycles. The quantitative estimate of drug-likeness (QED) is 0.224. The molecule has 42 heavy (non-hydrogen) atoms. The van der Waals surface area contributed by atoms with Crippen LogP contribution in [0.1, 0.15) is 0 Å². The largest absolute Gasteiger partial charge is 0.454 e. The summed E-state index contributed by atoms with van der Waals surface area (Å²) in [4.78, 5) is 15.0. The molecule has 0 amide bonds. The first-order valence-corrected chi connectivity index (χ1v) is 13.9. The molecule has 0 N–H and O–H groups in total. The van der Waals surface area contributed by atoms with Crippen molar-refractivity contribution in [2.45, 2.75) is 0 Å². The second kappa shape index (κ2) is 8.85. The number of aromatic nitrogens is 3. The van der Waals surface area contributed by atoms with Crippen molar-refractivity contribution in [2.24, 2.45) is 0 Å². The fourth-order valence-electron chi connectivity index (χ4n) is 5.91. The van der Waals surface area contributed by atoms with Crippen LogP contribution < -0.4 is 0 Å². The highest BCUT2D eigenvalue weighted by Crippen LogP contribution is 2.43. The monoisotopic (exact) mass is 539 g/mol. The second-order valence-corrected chi connectivity index (χ2v) is 10.4. The number of para-hydroxylation sites is 3. The predicted octanol–water partition coefficient (Wildman–Crippen LogP) is 9.82. The molecular weight excluding hydrogens is 518 g/mol. The van der Waals surface area contributed by atoms with Crippen LogP contribution >= 0.6 is 0 Å². The SMILES string of the molecule is c1ccc(-c2nc(-c3ccc(-c4c5oc6ccccc6c5nc5c4oc4ccccc45)cc3)c3ccccc3n2)cc1. The maximum absolute atomic E-state index is 6.44. The van der Waals surface area contributed by atoms with Crippen molar-refractivity contribution in [2.75, 3.05) is 0 Å². The van der Waals surface area contributed by atoms with E-state index in [0.717, 1.165) is 71.8 Å². The van der Waals surface area contributed by atoms with E-state index in [1.165, 1.54) is 0 Å². The summed E-state index contributed by atoms with van der Waals surface area (Å²) >= 11 is 0. The van der Waals surface area contributed by atoms with Crippen LogP contribution in [-0.4, -0.2) is 15.0 Å². The minimum absolute atomic E-state index is 0.704. The zero-order valence-corrected chi connectivity index (χ0v) is 22.3. The smallest absolute Gasteiger partial charge is 0.165 e. The molecule has 0 fully saturated rings. The topological polar surface area (TPSA) is 65.0 Å². The summed E-state index contributed by atoms with van der Waals surface area (Å²) < 4.78 is 12.9. The number of hydrogen-bond acceptors (Lipinski definition) is 5. The Hall–Kier alpha value is -5.81. The van der Waals surface area contributed by atoms with Gasteiger partial charge in [0.25, 0.3) is 0 Å². The Morgan fingerprint density at radius 2 is 0.952 bits per heavy atom. The molecule has 0 saturated heterocycles. The minimum Gasteiger partial charge on any atom is -0.454 e. The number of fused-ring (bicyclic) bond motifs is 7. The second-order valence-electron chi connectivity index (χ2n) is 10.4. The van der Waals surface area contributed by atoms with Gasteiger partial charge in [0, 0.05) is 27.3 Å². The number of furan rings is 2. The molecule has 0 unspecified atom stereocenters. The van der Waals surface area contributed by atoms with E-state index in [2.05, 4.69) is 42.5 Å². The molecule has 4 aromatic heterocycles. The molecule has 0 spiro atoms. The van der Waals surface area contributed by atoms with Gasteiger partial charge in [0.1, 0.15) is 22.2 Å². The van der Waals surface area contributed by atoms with Crippen molar-refractivity contribution >= 4 is 55.0 Å². The summed E-state index contributed by atoms with van der Waals surface area (Å²) in [7, 11) is 0. The van der Waals surface area contributed by atoms with E-state index in [-0.39, 0.29) is 0 Å². The molecule has 0 bridgehead atoms. The highest BCUT2D eigenvalue weighted by molar-refractivity contribution is 6.18. The van der Waals surface area contributed by atoms with Crippen LogP contribution in [0.2, 0.25) is 0 Å². The standard InChI is InChI=1S/C37H21N3O2/c1-2-10-24(11-3-1)37-38-28-15-7-4-12-25(28)32(40-37)23-20-18-22(19-21-23)31-35-33(26-13-5-8-16-29(26)41-35)39-34-27-14-6-9-17-30(27)42-36(31)34/h1-21H.